The van der Waals surface area contributed by atoms with Crippen molar-refractivity contribution in [3.63, 3.8) is 0 Å². The molecule has 32 heavy (non-hydrogen) atoms. The minimum atomic E-state index is -0.131. The van der Waals surface area contributed by atoms with Crippen LogP contribution in [0.2, 0.25) is 0 Å². The molecule has 4 aromatic rings. The number of nitrogens with zero attached hydrogens (tertiary/aromatic N) is 4. The van der Waals surface area contributed by atoms with Crippen molar-refractivity contribution in [2.45, 2.75) is 18.9 Å². The number of anilines is 1. The second-order valence-corrected chi connectivity index (χ2v) is 8.08. The smallest absolute Gasteiger partial charge is 0.297 e. The van der Waals surface area contributed by atoms with Gasteiger partial charge in [0, 0.05) is 32.3 Å². The first-order chi connectivity index (χ1) is 15.5. The lowest BCUT2D eigenvalue weighted by atomic mass is 10.0. The van der Waals surface area contributed by atoms with Gasteiger partial charge in [0.05, 0.1) is 13.2 Å². The van der Waals surface area contributed by atoms with Crippen LogP contribution in [0.3, 0.4) is 0 Å². The van der Waals surface area contributed by atoms with Gasteiger partial charge in [-0.25, -0.2) is 0 Å². The first-order valence-corrected chi connectivity index (χ1v) is 10.5. The van der Waals surface area contributed by atoms with Gasteiger partial charge in [0.25, 0.3) is 11.9 Å². The second kappa shape index (κ2) is 8.03. The third kappa shape index (κ3) is 3.57. The normalized spacial score (nSPS) is 16.0. The largest absolute Gasteiger partial charge is 0.497 e. The molecule has 1 amide bonds. The molecule has 1 atom stereocenters. The lowest BCUT2D eigenvalue weighted by Gasteiger charge is -2.24. The minimum Gasteiger partial charge on any atom is -0.497 e. The number of benzene rings is 2. The summed E-state index contributed by atoms with van der Waals surface area (Å²) in [4.78, 5) is 21.3. The number of carbonyl (C=O) groups is 1. The topological polar surface area (TPSA) is 84.8 Å². The van der Waals surface area contributed by atoms with Crippen LogP contribution in [-0.4, -0.2) is 48.7 Å². The lowest BCUT2D eigenvalue weighted by molar-refractivity contribution is 0.0725. The highest BCUT2D eigenvalue weighted by atomic mass is 16.5. The van der Waals surface area contributed by atoms with Crippen molar-refractivity contribution >= 4 is 23.0 Å². The van der Waals surface area contributed by atoms with Gasteiger partial charge in [-0.2, -0.15) is 4.98 Å². The van der Waals surface area contributed by atoms with Gasteiger partial charge >= 0.3 is 0 Å². The number of fused-ring (bicyclic) bond motifs is 1. The zero-order valence-electron chi connectivity index (χ0n) is 18.2. The van der Waals surface area contributed by atoms with Crippen molar-refractivity contribution < 1.29 is 18.5 Å². The molecule has 2 aromatic heterocycles. The average Bonchev–Trinajstić information content (AvgIpc) is 3.57. The Kier molecular flexibility index (Phi) is 5.05. The molecule has 1 saturated heterocycles. The molecular formula is C24H24N4O4. The Hall–Kier alpha value is -3.81. The van der Waals surface area contributed by atoms with Crippen molar-refractivity contribution in [2.24, 2.45) is 0 Å². The number of likely N-dealkylation sites (tertiary alicyclic amines) is 1. The Morgan fingerprint density at radius 2 is 1.97 bits per heavy atom. The highest BCUT2D eigenvalue weighted by Crippen LogP contribution is 2.34. The van der Waals surface area contributed by atoms with Crippen molar-refractivity contribution in [3.8, 4) is 17.1 Å². The molecule has 0 saturated carbocycles. The molecule has 3 heterocycles. The fourth-order valence-corrected chi connectivity index (χ4v) is 4.10. The second-order valence-electron chi connectivity index (χ2n) is 8.08. The standard InChI is InChI=1S/C24H24N4O4/c1-27(2)24-25-18-11-8-16(13-22(18)31-24)21-14-19(26-32-21)23(29)28-12-4-5-20(28)15-6-9-17(30-3)10-7-15/h6-11,13-14,20H,4-5,12H2,1-3H3. The van der Waals surface area contributed by atoms with Crippen LogP contribution in [0.1, 0.15) is 34.9 Å². The highest BCUT2D eigenvalue weighted by Gasteiger charge is 2.32. The van der Waals surface area contributed by atoms with Crippen LogP contribution in [0.15, 0.2) is 57.5 Å². The summed E-state index contributed by atoms with van der Waals surface area (Å²) in [5.74, 6) is 1.18. The lowest BCUT2D eigenvalue weighted by Crippen LogP contribution is -2.30. The third-order valence-corrected chi connectivity index (χ3v) is 5.79. The van der Waals surface area contributed by atoms with Gasteiger partial charge in [-0.3, -0.25) is 4.79 Å². The predicted octanol–water partition coefficient (Wildman–Crippen LogP) is 4.53. The number of amides is 1. The molecule has 1 unspecified atom stereocenters. The van der Waals surface area contributed by atoms with E-state index in [0.717, 1.165) is 35.2 Å². The van der Waals surface area contributed by atoms with Crippen LogP contribution in [-0.2, 0) is 0 Å². The summed E-state index contributed by atoms with van der Waals surface area (Å²) in [5, 5.41) is 4.07. The van der Waals surface area contributed by atoms with Crippen LogP contribution < -0.4 is 9.64 Å². The van der Waals surface area contributed by atoms with Crippen LogP contribution in [0.25, 0.3) is 22.4 Å². The summed E-state index contributed by atoms with van der Waals surface area (Å²) in [6.07, 6.45) is 1.86. The molecular weight excluding hydrogens is 408 g/mol. The molecule has 8 heteroatoms. The van der Waals surface area contributed by atoms with Crippen LogP contribution in [0, 0.1) is 0 Å². The van der Waals surface area contributed by atoms with E-state index in [1.807, 2.05) is 61.5 Å². The van der Waals surface area contributed by atoms with E-state index in [0.29, 0.717) is 29.6 Å². The average molecular weight is 432 g/mol. The summed E-state index contributed by atoms with van der Waals surface area (Å²) in [7, 11) is 5.39. The maximum Gasteiger partial charge on any atom is 0.297 e. The van der Waals surface area contributed by atoms with E-state index in [1.165, 1.54) is 0 Å². The van der Waals surface area contributed by atoms with Gasteiger partial charge in [-0.15, -0.1) is 0 Å². The number of hydrogen-bond donors (Lipinski definition) is 0. The molecule has 1 aliphatic rings. The summed E-state index contributed by atoms with van der Waals surface area (Å²) in [6.45, 7) is 0.690. The summed E-state index contributed by atoms with van der Waals surface area (Å²) in [5.41, 5.74) is 3.57. The van der Waals surface area contributed by atoms with Gasteiger partial charge in [0.2, 0.25) is 0 Å². The van der Waals surface area contributed by atoms with Crippen LogP contribution in [0.4, 0.5) is 6.01 Å². The Morgan fingerprint density at radius 3 is 2.72 bits per heavy atom. The van der Waals surface area contributed by atoms with Gasteiger partial charge in [-0.05, 0) is 48.7 Å². The fraction of sp³-hybridized carbons (Fsp3) is 0.292. The molecule has 1 fully saturated rings. The van der Waals surface area contributed by atoms with Crippen molar-refractivity contribution in [1.82, 2.24) is 15.0 Å². The zero-order chi connectivity index (χ0) is 22.2. The fourth-order valence-electron chi connectivity index (χ4n) is 4.10. The zero-order valence-corrected chi connectivity index (χ0v) is 18.2. The summed E-state index contributed by atoms with van der Waals surface area (Å²) in [6, 6.07) is 15.7. The van der Waals surface area contributed by atoms with Crippen LogP contribution >= 0.6 is 0 Å². The molecule has 0 radical (unpaired) electrons. The predicted molar refractivity (Wildman–Crippen MR) is 120 cm³/mol. The molecule has 0 aliphatic carbocycles. The molecule has 1 aliphatic heterocycles. The number of rotatable bonds is 5. The molecule has 0 spiro atoms. The van der Waals surface area contributed by atoms with E-state index in [2.05, 4.69) is 10.1 Å². The van der Waals surface area contributed by atoms with Crippen molar-refractivity contribution in [3.05, 3.63) is 59.8 Å². The molecule has 8 nitrogen and oxygen atoms in total. The minimum absolute atomic E-state index is 0.0172. The maximum absolute atomic E-state index is 13.2. The highest BCUT2D eigenvalue weighted by molar-refractivity contribution is 5.94. The summed E-state index contributed by atoms with van der Waals surface area (Å²) < 4.78 is 16.5. The summed E-state index contributed by atoms with van der Waals surface area (Å²) >= 11 is 0. The third-order valence-electron chi connectivity index (χ3n) is 5.79. The first kappa shape index (κ1) is 20.1. The molecule has 5 rings (SSSR count). The molecule has 164 valence electrons. The van der Waals surface area contributed by atoms with Gasteiger partial charge in [0.1, 0.15) is 11.3 Å². The molecule has 2 aromatic carbocycles. The maximum atomic E-state index is 13.2. The van der Waals surface area contributed by atoms with E-state index >= 15 is 0 Å². The molecule has 0 bridgehead atoms. The Balaban J connectivity index is 1.38. The SMILES string of the molecule is COc1ccc(C2CCCN2C(=O)c2cc(-c3ccc4nc(N(C)C)oc4c3)on2)cc1. The number of oxazole rings is 1. The Morgan fingerprint density at radius 1 is 1.16 bits per heavy atom. The van der Waals surface area contributed by atoms with Gasteiger partial charge in [0.15, 0.2) is 17.0 Å². The molecule has 0 N–H and O–H groups in total. The van der Waals surface area contributed by atoms with Gasteiger partial charge < -0.3 is 23.5 Å². The number of aromatic nitrogens is 2. The Bertz CT molecular complexity index is 1260. The van der Waals surface area contributed by atoms with Crippen molar-refractivity contribution in [1.29, 1.82) is 0 Å². The van der Waals surface area contributed by atoms with Crippen LogP contribution in [0.5, 0.6) is 5.75 Å². The van der Waals surface area contributed by atoms with E-state index < -0.39 is 0 Å². The van der Waals surface area contributed by atoms with E-state index in [4.69, 9.17) is 13.7 Å². The van der Waals surface area contributed by atoms with E-state index in [9.17, 15) is 4.79 Å². The van der Waals surface area contributed by atoms with Crippen molar-refractivity contribution in [2.75, 3.05) is 32.6 Å². The number of ether oxygens (including phenoxy) is 1. The Labute approximate surface area is 185 Å². The van der Waals surface area contributed by atoms with E-state index in [-0.39, 0.29) is 11.9 Å². The number of carbonyl (C=O) groups excluding carboxylic acids is 1. The van der Waals surface area contributed by atoms with Gasteiger partial charge in [-0.1, -0.05) is 17.3 Å². The van der Waals surface area contributed by atoms with E-state index in [1.54, 1.807) is 18.1 Å². The monoisotopic (exact) mass is 432 g/mol. The number of methoxy groups -OCH3 is 1. The quantitative estimate of drug-likeness (QED) is 0.458. The first-order valence-electron chi connectivity index (χ1n) is 10.5. The number of hydrogen-bond acceptors (Lipinski definition) is 7.